The van der Waals surface area contributed by atoms with Crippen LogP contribution < -0.4 is 11.1 Å². The molecule has 1 aromatic carbocycles. The molecule has 3 rings (SSSR count). The van der Waals surface area contributed by atoms with Crippen LogP contribution in [0, 0.1) is 0 Å². The maximum Gasteiger partial charge on any atom is 0.275 e. The number of nitrogens with zero attached hydrogens (tertiary/aromatic N) is 2. The fourth-order valence-electron chi connectivity index (χ4n) is 2.48. The van der Waals surface area contributed by atoms with Crippen molar-refractivity contribution in [2.45, 2.75) is 26.9 Å². The smallest absolute Gasteiger partial charge is 0.267 e. The Morgan fingerprint density at radius 2 is 1.20 bits per heavy atom. The van der Waals surface area contributed by atoms with Crippen LogP contribution in [0.3, 0.4) is 0 Å². The average Bonchev–Trinajstić information content (AvgIpc) is 2.41. The normalized spacial score (nSPS) is 14.8. The lowest BCUT2D eigenvalue weighted by molar-refractivity contribution is 0.437. The van der Waals surface area contributed by atoms with Gasteiger partial charge in [0.15, 0.2) is 0 Å². The molecule has 0 bridgehead atoms. The number of halogens is 2. The summed E-state index contributed by atoms with van der Waals surface area (Å²) in [7, 11) is 0. The Morgan fingerprint density at radius 1 is 0.850 bits per heavy atom. The van der Waals surface area contributed by atoms with E-state index in [0.29, 0.717) is 13.1 Å². The first-order chi connectivity index (χ1) is 9.41. The van der Waals surface area contributed by atoms with Crippen molar-refractivity contribution in [2.24, 2.45) is 0 Å². The van der Waals surface area contributed by atoms with Crippen molar-refractivity contribution in [3.05, 3.63) is 54.0 Å². The van der Waals surface area contributed by atoms with Crippen LogP contribution in [0.5, 0.6) is 0 Å². The van der Waals surface area contributed by atoms with Crippen molar-refractivity contribution in [3.8, 4) is 0 Å². The number of rotatable bonds is 0. The van der Waals surface area contributed by atoms with E-state index in [-0.39, 0.29) is 31.9 Å². The summed E-state index contributed by atoms with van der Waals surface area (Å²) in [5, 5.41) is 0.915. The summed E-state index contributed by atoms with van der Waals surface area (Å²) < 4.78 is 2.88. The molecule has 0 N–H and O–H groups in total. The van der Waals surface area contributed by atoms with Gasteiger partial charge in [0.05, 0.1) is 33.9 Å². The van der Waals surface area contributed by atoms with Gasteiger partial charge in [0, 0.05) is 0 Å². The van der Waals surface area contributed by atoms with Crippen LogP contribution >= 0.6 is 23.2 Å². The Bertz CT molecular complexity index is 818. The molecule has 0 amide bonds. The van der Waals surface area contributed by atoms with E-state index in [9.17, 15) is 9.59 Å². The first-order valence-corrected chi connectivity index (χ1v) is 6.94. The summed E-state index contributed by atoms with van der Waals surface area (Å²) in [6.45, 7) is 4.72. The Hall–Kier alpha value is -1.52. The SMILES string of the molecule is CC1=C(C)Cn2c(=O)c3c(Cl)ccc(Cl)c3c(=O)n2C1. The van der Waals surface area contributed by atoms with E-state index in [1.807, 2.05) is 13.8 Å². The van der Waals surface area contributed by atoms with Crippen LogP contribution in [0.15, 0.2) is 32.9 Å². The molecule has 104 valence electrons. The molecule has 0 radical (unpaired) electrons. The number of hydrogen-bond acceptors (Lipinski definition) is 2. The van der Waals surface area contributed by atoms with Gasteiger partial charge < -0.3 is 0 Å². The third-order valence-corrected chi connectivity index (χ3v) is 4.42. The highest BCUT2D eigenvalue weighted by Crippen LogP contribution is 2.25. The van der Waals surface area contributed by atoms with Gasteiger partial charge in [0.2, 0.25) is 0 Å². The summed E-state index contributed by atoms with van der Waals surface area (Å²) >= 11 is 12.2. The number of aromatic nitrogens is 2. The van der Waals surface area contributed by atoms with Crippen molar-refractivity contribution in [1.29, 1.82) is 0 Å². The van der Waals surface area contributed by atoms with Gasteiger partial charge in [0.1, 0.15) is 0 Å². The summed E-state index contributed by atoms with van der Waals surface area (Å²) in [4.78, 5) is 25.2. The van der Waals surface area contributed by atoms with E-state index in [0.717, 1.165) is 11.1 Å². The number of fused-ring (bicyclic) bond motifs is 2. The van der Waals surface area contributed by atoms with E-state index in [1.165, 1.54) is 9.36 Å². The third-order valence-electron chi connectivity index (χ3n) is 3.79. The zero-order chi connectivity index (χ0) is 14.6. The Kier molecular flexibility index (Phi) is 3.03. The molecule has 2 heterocycles. The molecule has 1 aliphatic heterocycles. The van der Waals surface area contributed by atoms with E-state index in [4.69, 9.17) is 23.2 Å². The van der Waals surface area contributed by atoms with Gasteiger partial charge in [-0.15, -0.1) is 0 Å². The molecule has 2 aromatic rings. The molecule has 1 aliphatic rings. The highest BCUT2D eigenvalue weighted by atomic mass is 35.5. The second kappa shape index (κ2) is 4.50. The van der Waals surface area contributed by atoms with Crippen LogP contribution in [-0.2, 0) is 13.1 Å². The van der Waals surface area contributed by atoms with Crippen molar-refractivity contribution < 1.29 is 0 Å². The minimum atomic E-state index is -0.279. The van der Waals surface area contributed by atoms with Gasteiger partial charge in [-0.05, 0) is 26.0 Å². The van der Waals surface area contributed by atoms with Gasteiger partial charge in [-0.2, -0.15) is 0 Å². The fourth-order valence-corrected chi connectivity index (χ4v) is 2.96. The van der Waals surface area contributed by atoms with E-state index in [1.54, 1.807) is 12.1 Å². The summed E-state index contributed by atoms with van der Waals surface area (Å²) in [6.07, 6.45) is 0. The molecule has 0 fully saturated rings. The van der Waals surface area contributed by atoms with Crippen LogP contribution in [0.4, 0.5) is 0 Å². The zero-order valence-electron chi connectivity index (χ0n) is 11.0. The van der Waals surface area contributed by atoms with Gasteiger partial charge >= 0.3 is 0 Å². The van der Waals surface area contributed by atoms with Gasteiger partial charge in [0.25, 0.3) is 11.1 Å². The van der Waals surface area contributed by atoms with Crippen LogP contribution in [-0.4, -0.2) is 9.36 Å². The maximum atomic E-state index is 12.6. The zero-order valence-corrected chi connectivity index (χ0v) is 12.5. The summed E-state index contributed by atoms with van der Waals surface area (Å²) in [6, 6.07) is 3.09. The summed E-state index contributed by atoms with van der Waals surface area (Å²) in [5.41, 5.74) is 1.62. The van der Waals surface area contributed by atoms with Crippen LogP contribution in [0.25, 0.3) is 10.8 Å². The molecule has 20 heavy (non-hydrogen) atoms. The topological polar surface area (TPSA) is 44.0 Å². The fraction of sp³-hybridized carbons (Fsp3) is 0.286. The quantitative estimate of drug-likeness (QED) is 0.702. The molecule has 0 aliphatic carbocycles. The molecular weight excluding hydrogens is 299 g/mol. The third kappa shape index (κ3) is 1.75. The Balaban J connectivity index is 2.54. The molecule has 4 nitrogen and oxygen atoms in total. The van der Waals surface area contributed by atoms with Crippen LogP contribution in [0.2, 0.25) is 10.0 Å². The largest absolute Gasteiger partial charge is 0.275 e. The molecule has 0 unspecified atom stereocenters. The number of hydrogen-bond donors (Lipinski definition) is 0. The maximum absolute atomic E-state index is 12.6. The van der Waals surface area contributed by atoms with E-state index in [2.05, 4.69) is 0 Å². The molecule has 6 heteroatoms. The van der Waals surface area contributed by atoms with Gasteiger partial charge in [-0.3, -0.25) is 9.59 Å². The number of benzene rings is 1. The van der Waals surface area contributed by atoms with E-state index < -0.39 is 0 Å². The standard InChI is InChI=1S/C14H12Cl2N2O2/c1-7-5-17-13(19)11-9(15)3-4-10(16)12(11)14(20)18(17)6-8(7)2/h3-4H,5-6H2,1-2H3. The molecular formula is C14H12Cl2N2O2. The first kappa shape index (κ1) is 13.5. The highest BCUT2D eigenvalue weighted by molar-refractivity contribution is 6.40. The Labute approximate surface area is 124 Å². The van der Waals surface area contributed by atoms with Crippen molar-refractivity contribution in [1.82, 2.24) is 9.36 Å². The van der Waals surface area contributed by atoms with Crippen LogP contribution in [0.1, 0.15) is 13.8 Å². The highest BCUT2D eigenvalue weighted by Gasteiger charge is 2.21. The lowest BCUT2D eigenvalue weighted by Crippen LogP contribution is -2.41. The first-order valence-electron chi connectivity index (χ1n) is 6.18. The minimum Gasteiger partial charge on any atom is -0.267 e. The molecule has 0 saturated heterocycles. The second-order valence-corrected chi connectivity index (χ2v) is 5.88. The number of allylic oxidation sites excluding steroid dienone is 2. The molecule has 0 saturated carbocycles. The van der Waals surface area contributed by atoms with Crippen molar-refractivity contribution >= 4 is 34.0 Å². The second-order valence-electron chi connectivity index (χ2n) is 5.07. The molecule has 1 aromatic heterocycles. The predicted octanol–water partition coefficient (Wildman–Crippen LogP) is 2.82. The average molecular weight is 311 g/mol. The van der Waals surface area contributed by atoms with Gasteiger partial charge in [-0.1, -0.05) is 34.3 Å². The monoisotopic (exact) mass is 310 g/mol. The summed E-state index contributed by atoms with van der Waals surface area (Å²) in [5.74, 6) is 0. The van der Waals surface area contributed by atoms with Gasteiger partial charge in [-0.25, -0.2) is 9.36 Å². The minimum absolute atomic E-state index is 0.202. The lowest BCUT2D eigenvalue weighted by Gasteiger charge is -2.23. The van der Waals surface area contributed by atoms with Crippen molar-refractivity contribution in [2.75, 3.05) is 0 Å². The Morgan fingerprint density at radius 3 is 1.55 bits per heavy atom. The van der Waals surface area contributed by atoms with E-state index >= 15 is 0 Å². The van der Waals surface area contributed by atoms with Crippen molar-refractivity contribution in [3.63, 3.8) is 0 Å². The molecule has 0 atom stereocenters. The molecule has 0 spiro atoms. The predicted molar refractivity (Wildman–Crippen MR) is 80.9 cm³/mol. The lowest BCUT2D eigenvalue weighted by atomic mass is 10.1.